The predicted molar refractivity (Wildman–Crippen MR) is 107 cm³/mol. The maximum absolute atomic E-state index is 4.63. The Balaban J connectivity index is 1.45. The number of anilines is 1. The molecular weight excluding hydrogens is 338 g/mol. The van der Waals surface area contributed by atoms with Crippen LogP contribution < -0.4 is 10.6 Å². The lowest BCUT2D eigenvalue weighted by Crippen LogP contribution is -2.45. The van der Waals surface area contributed by atoms with Gasteiger partial charge < -0.3 is 5.32 Å². The zero-order valence-corrected chi connectivity index (χ0v) is 15.6. The molecule has 3 heterocycles. The van der Waals surface area contributed by atoms with Gasteiger partial charge in [0.05, 0.1) is 30.2 Å². The van der Waals surface area contributed by atoms with Gasteiger partial charge in [0, 0.05) is 18.1 Å². The molecule has 1 aromatic carbocycles. The zero-order chi connectivity index (χ0) is 18.6. The maximum atomic E-state index is 4.63. The van der Waals surface area contributed by atoms with Crippen LogP contribution in [0, 0.1) is 6.92 Å². The fourth-order valence-corrected chi connectivity index (χ4v) is 3.08. The Morgan fingerprint density at radius 2 is 2.11 bits per heavy atom. The van der Waals surface area contributed by atoms with Crippen LogP contribution in [-0.4, -0.2) is 39.1 Å². The summed E-state index contributed by atoms with van der Waals surface area (Å²) in [7, 11) is 0. The van der Waals surface area contributed by atoms with Crippen LogP contribution in [-0.2, 0) is 13.0 Å². The van der Waals surface area contributed by atoms with Crippen LogP contribution in [0.5, 0.6) is 0 Å². The second kappa shape index (κ2) is 7.67. The number of aromatic nitrogens is 3. The highest BCUT2D eigenvalue weighted by molar-refractivity contribution is 5.93. The van der Waals surface area contributed by atoms with Gasteiger partial charge in [0.2, 0.25) is 11.9 Å². The average Bonchev–Trinajstić information content (AvgIpc) is 2.70. The van der Waals surface area contributed by atoms with Gasteiger partial charge in [-0.2, -0.15) is 0 Å². The van der Waals surface area contributed by atoms with Crippen LogP contribution in [0.25, 0.3) is 10.9 Å². The third kappa shape index (κ3) is 4.03. The van der Waals surface area contributed by atoms with Crippen molar-refractivity contribution < 1.29 is 0 Å². The largest absolute Gasteiger partial charge is 0.343 e. The SMILES string of the molecule is CCc1ccc2nc(NC3=NCN(Cc4ccccn4)CN3)nc(C)c2c1. The van der Waals surface area contributed by atoms with Crippen LogP contribution in [0.15, 0.2) is 47.6 Å². The average molecular weight is 361 g/mol. The van der Waals surface area contributed by atoms with Crippen LogP contribution in [0.3, 0.4) is 0 Å². The molecule has 7 heteroatoms. The van der Waals surface area contributed by atoms with E-state index in [4.69, 9.17) is 0 Å². The smallest absolute Gasteiger partial charge is 0.230 e. The molecule has 0 fully saturated rings. The van der Waals surface area contributed by atoms with Gasteiger partial charge >= 0.3 is 0 Å². The molecule has 4 rings (SSSR count). The van der Waals surface area contributed by atoms with Gasteiger partial charge in [-0.3, -0.25) is 15.2 Å². The first kappa shape index (κ1) is 17.4. The van der Waals surface area contributed by atoms with E-state index >= 15 is 0 Å². The first-order chi connectivity index (χ1) is 13.2. The molecule has 1 aliphatic heterocycles. The molecule has 0 atom stereocenters. The second-order valence-corrected chi connectivity index (χ2v) is 6.60. The lowest BCUT2D eigenvalue weighted by Gasteiger charge is -2.26. The molecule has 0 aliphatic carbocycles. The standard InChI is InChI=1S/C20H23N7/c1-3-15-7-8-18-17(10-15)14(2)24-20(25-18)26-19-22-12-27(13-23-19)11-16-6-4-5-9-21-16/h4-10H,3,11-13H2,1-2H3,(H2,22,23,24,25,26). The molecule has 0 radical (unpaired) electrons. The number of nitrogens with zero attached hydrogens (tertiary/aromatic N) is 5. The summed E-state index contributed by atoms with van der Waals surface area (Å²) in [5, 5.41) is 7.58. The first-order valence-electron chi connectivity index (χ1n) is 9.16. The van der Waals surface area contributed by atoms with E-state index in [1.54, 1.807) is 0 Å². The highest BCUT2D eigenvalue weighted by atomic mass is 15.4. The van der Waals surface area contributed by atoms with E-state index in [1.165, 1.54) is 5.56 Å². The summed E-state index contributed by atoms with van der Waals surface area (Å²) >= 11 is 0. The number of rotatable bonds is 4. The molecule has 2 aromatic heterocycles. The molecule has 0 unspecified atom stereocenters. The normalized spacial score (nSPS) is 14.7. The van der Waals surface area contributed by atoms with Gasteiger partial charge in [0.1, 0.15) is 0 Å². The lowest BCUT2D eigenvalue weighted by molar-refractivity contribution is 0.254. The van der Waals surface area contributed by atoms with Crippen molar-refractivity contribution in [3.05, 3.63) is 59.5 Å². The first-order valence-corrected chi connectivity index (χ1v) is 9.16. The van der Waals surface area contributed by atoms with E-state index < -0.39 is 0 Å². The Kier molecular flexibility index (Phi) is 4.93. The van der Waals surface area contributed by atoms with E-state index in [0.717, 1.165) is 35.3 Å². The van der Waals surface area contributed by atoms with Crippen molar-refractivity contribution in [2.75, 3.05) is 18.7 Å². The van der Waals surface area contributed by atoms with Gasteiger partial charge in [-0.05, 0) is 43.2 Å². The molecule has 0 saturated heterocycles. The van der Waals surface area contributed by atoms with Crippen LogP contribution in [0.1, 0.15) is 23.9 Å². The van der Waals surface area contributed by atoms with Crippen molar-refractivity contribution in [2.45, 2.75) is 26.8 Å². The Labute approximate surface area is 158 Å². The number of hydrogen-bond acceptors (Lipinski definition) is 7. The van der Waals surface area contributed by atoms with Crippen molar-refractivity contribution in [1.82, 2.24) is 25.2 Å². The molecule has 1 aliphatic rings. The molecule has 0 bridgehead atoms. The second-order valence-electron chi connectivity index (χ2n) is 6.60. The number of aryl methyl sites for hydroxylation is 2. The van der Waals surface area contributed by atoms with Gasteiger partial charge in [0.15, 0.2) is 0 Å². The van der Waals surface area contributed by atoms with Crippen molar-refractivity contribution in [3.63, 3.8) is 0 Å². The van der Waals surface area contributed by atoms with Crippen LogP contribution in [0.2, 0.25) is 0 Å². The van der Waals surface area contributed by atoms with Gasteiger partial charge in [-0.15, -0.1) is 0 Å². The van der Waals surface area contributed by atoms with Crippen molar-refractivity contribution >= 4 is 22.8 Å². The minimum Gasteiger partial charge on any atom is -0.343 e. The van der Waals surface area contributed by atoms with Crippen LogP contribution in [0.4, 0.5) is 5.95 Å². The number of pyridine rings is 1. The number of benzene rings is 1. The van der Waals surface area contributed by atoms with E-state index in [-0.39, 0.29) is 0 Å². The lowest BCUT2D eigenvalue weighted by atomic mass is 10.1. The Bertz CT molecular complexity index is 969. The summed E-state index contributed by atoms with van der Waals surface area (Å²) in [6.07, 6.45) is 2.82. The summed E-state index contributed by atoms with van der Waals surface area (Å²) in [4.78, 5) is 20.3. The minimum absolute atomic E-state index is 0.564. The zero-order valence-electron chi connectivity index (χ0n) is 15.6. The maximum Gasteiger partial charge on any atom is 0.230 e. The number of nitrogens with one attached hydrogen (secondary N) is 2. The molecule has 0 spiro atoms. The third-order valence-corrected chi connectivity index (χ3v) is 4.60. The highest BCUT2D eigenvalue weighted by Crippen LogP contribution is 2.19. The monoisotopic (exact) mass is 361 g/mol. The summed E-state index contributed by atoms with van der Waals surface area (Å²) < 4.78 is 0. The van der Waals surface area contributed by atoms with Crippen LogP contribution >= 0.6 is 0 Å². The molecular formula is C20H23N7. The molecule has 27 heavy (non-hydrogen) atoms. The molecule has 138 valence electrons. The Morgan fingerprint density at radius 3 is 2.85 bits per heavy atom. The molecule has 0 saturated carbocycles. The molecule has 2 N–H and O–H groups in total. The van der Waals surface area contributed by atoms with E-state index in [2.05, 4.69) is 60.6 Å². The van der Waals surface area contributed by atoms with Crippen molar-refractivity contribution in [1.29, 1.82) is 0 Å². The van der Waals surface area contributed by atoms with Crippen molar-refractivity contribution in [2.24, 2.45) is 4.99 Å². The van der Waals surface area contributed by atoms with Crippen molar-refractivity contribution in [3.8, 4) is 0 Å². The third-order valence-electron chi connectivity index (χ3n) is 4.60. The van der Waals surface area contributed by atoms with E-state index in [0.29, 0.717) is 25.2 Å². The Hall–Kier alpha value is -3.06. The Morgan fingerprint density at radius 1 is 1.19 bits per heavy atom. The predicted octanol–water partition coefficient (Wildman–Crippen LogP) is 2.68. The van der Waals surface area contributed by atoms with Gasteiger partial charge in [-0.25, -0.2) is 15.0 Å². The van der Waals surface area contributed by atoms with Gasteiger partial charge in [0.25, 0.3) is 0 Å². The summed E-state index contributed by atoms with van der Waals surface area (Å²) in [6, 6.07) is 12.3. The fourth-order valence-electron chi connectivity index (χ4n) is 3.08. The number of hydrogen-bond donors (Lipinski definition) is 2. The van der Waals surface area contributed by atoms with E-state index in [9.17, 15) is 0 Å². The quantitative estimate of drug-likeness (QED) is 0.744. The summed E-state index contributed by atoms with van der Waals surface area (Å²) in [5.74, 6) is 1.25. The molecule has 3 aromatic rings. The highest BCUT2D eigenvalue weighted by Gasteiger charge is 2.14. The molecule has 0 amide bonds. The minimum atomic E-state index is 0.564. The summed E-state index contributed by atoms with van der Waals surface area (Å²) in [5.41, 5.74) is 4.23. The number of guanidine groups is 1. The topological polar surface area (TPSA) is 78.3 Å². The fraction of sp³-hybridized carbons (Fsp3) is 0.300. The number of aliphatic imine (C=N–C) groups is 1. The summed E-state index contributed by atoms with van der Waals surface area (Å²) in [6.45, 7) is 6.21. The molecule has 7 nitrogen and oxygen atoms in total. The van der Waals surface area contributed by atoms with Gasteiger partial charge in [-0.1, -0.05) is 19.1 Å². The number of fused-ring (bicyclic) bond motifs is 1. The van der Waals surface area contributed by atoms with E-state index in [1.807, 2.05) is 31.3 Å².